The normalized spacial score (nSPS) is 14.0. The molecular weight excluding hydrogens is 366 g/mol. The standard InChI is InChI=1S/C20H20ClN3O3/c1-14-17(21)3-2-4-18(14)22-19(26)15-5-7-16(8-6-15)20(27)24-11-9-23(13-25)10-12-24/h2-8,13H,9-12H2,1H3,(H,22,26). The van der Waals surface area contributed by atoms with Gasteiger partial charge in [-0.2, -0.15) is 0 Å². The van der Waals surface area contributed by atoms with Crippen molar-refractivity contribution >= 4 is 35.5 Å². The van der Waals surface area contributed by atoms with E-state index in [1.54, 1.807) is 52.3 Å². The minimum absolute atomic E-state index is 0.0989. The van der Waals surface area contributed by atoms with Crippen molar-refractivity contribution in [2.24, 2.45) is 0 Å². The van der Waals surface area contributed by atoms with Crippen molar-refractivity contribution < 1.29 is 14.4 Å². The maximum Gasteiger partial charge on any atom is 0.255 e. The van der Waals surface area contributed by atoms with Gasteiger partial charge in [0.1, 0.15) is 0 Å². The van der Waals surface area contributed by atoms with Crippen molar-refractivity contribution in [3.63, 3.8) is 0 Å². The first-order valence-electron chi connectivity index (χ1n) is 8.65. The molecule has 1 N–H and O–H groups in total. The molecule has 2 aromatic rings. The second-order valence-electron chi connectivity index (χ2n) is 6.38. The first-order valence-corrected chi connectivity index (χ1v) is 9.02. The zero-order chi connectivity index (χ0) is 19.4. The fraction of sp³-hybridized carbons (Fsp3) is 0.250. The van der Waals surface area contributed by atoms with E-state index < -0.39 is 0 Å². The van der Waals surface area contributed by atoms with Gasteiger partial charge in [0.05, 0.1) is 0 Å². The number of anilines is 1. The minimum atomic E-state index is -0.265. The van der Waals surface area contributed by atoms with Gasteiger partial charge in [-0.3, -0.25) is 14.4 Å². The number of carbonyl (C=O) groups is 3. The third kappa shape index (κ3) is 4.28. The van der Waals surface area contributed by atoms with Gasteiger partial charge in [-0.05, 0) is 48.9 Å². The molecule has 2 aromatic carbocycles. The van der Waals surface area contributed by atoms with Gasteiger partial charge >= 0.3 is 0 Å². The van der Waals surface area contributed by atoms with Crippen molar-refractivity contribution in [3.05, 3.63) is 64.2 Å². The summed E-state index contributed by atoms with van der Waals surface area (Å²) in [5.41, 5.74) is 2.43. The van der Waals surface area contributed by atoms with Gasteiger partial charge in [0.15, 0.2) is 0 Å². The quantitative estimate of drug-likeness (QED) is 0.823. The molecule has 27 heavy (non-hydrogen) atoms. The maximum absolute atomic E-state index is 12.6. The molecule has 0 bridgehead atoms. The third-order valence-electron chi connectivity index (χ3n) is 4.66. The van der Waals surface area contributed by atoms with Crippen LogP contribution in [0.1, 0.15) is 26.3 Å². The largest absolute Gasteiger partial charge is 0.342 e. The number of benzene rings is 2. The number of carbonyl (C=O) groups excluding carboxylic acids is 3. The predicted octanol–water partition coefficient (Wildman–Crippen LogP) is 2.81. The molecule has 1 aliphatic rings. The summed E-state index contributed by atoms with van der Waals surface area (Å²) >= 11 is 6.08. The van der Waals surface area contributed by atoms with E-state index in [9.17, 15) is 14.4 Å². The number of hydrogen-bond acceptors (Lipinski definition) is 3. The Morgan fingerprint density at radius 2 is 1.63 bits per heavy atom. The van der Waals surface area contributed by atoms with Crippen molar-refractivity contribution in [1.29, 1.82) is 0 Å². The van der Waals surface area contributed by atoms with E-state index in [1.165, 1.54) is 0 Å². The molecule has 3 rings (SSSR count). The summed E-state index contributed by atoms with van der Waals surface area (Å²) in [7, 11) is 0. The van der Waals surface area contributed by atoms with Crippen LogP contribution in [-0.4, -0.2) is 54.2 Å². The number of piperazine rings is 1. The molecule has 0 spiro atoms. The molecule has 1 heterocycles. The lowest BCUT2D eigenvalue weighted by Crippen LogP contribution is -2.48. The first kappa shape index (κ1) is 18.9. The zero-order valence-corrected chi connectivity index (χ0v) is 15.7. The molecule has 1 aliphatic heterocycles. The van der Waals surface area contributed by atoms with E-state index >= 15 is 0 Å². The second-order valence-corrected chi connectivity index (χ2v) is 6.78. The van der Waals surface area contributed by atoms with E-state index in [0.29, 0.717) is 48.0 Å². The topological polar surface area (TPSA) is 69.7 Å². The average molecular weight is 386 g/mol. The summed E-state index contributed by atoms with van der Waals surface area (Å²) in [6.45, 7) is 3.93. The van der Waals surface area contributed by atoms with E-state index in [-0.39, 0.29) is 11.8 Å². The Morgan fingerprint density at radius 3 is 2.26 bits per heavy atom. The van der Waals surface area contributed by atoms with Crippen molar-refractivity contribution in [3.8, 4) is 0 Å². The molecule has 0 atom stereocenters. The fourth-order valence-electron chi connectivity index (χ4n) is 2.91. The smallest absolute Gasteiger partial charge is 0.255 e. The van der Waals surface area contributed by atoms with E-state index in [0.717, 1.165) is 12.0 Å². The Hall–Kier alpha value is -2.86. The average Bonchev–Trinajstić information content (AvgIpc) is 2.71. The summed E-state index contributed by atoms with van der Waals surface area (Å²) in [5.74, 6) is -0.364. The number of rotatable bonds is 4. The number of amides is 3. The monoisotopic (exact) mass is 385 g/mol. The highest BCUT2D eigenvalue weighted by Crippen LogP contribution is 2.23. The molecule has 0 radical (unpaired) electrons. The predicted molar refractivity (Wildman–Crippen MR) is 104 cm³/mol. The lowest BCUT2D eigenvalue weighted by molar-refractivity contribution is -0.119. The summed E-state index contributed by atoms with van der Waals surface area (Å²) in [6.07, 6.45) is 0.802. The Morgan fingerprint density at radius 1 is 1.00 bits per heavy atom. The minimum Gasteiger partial charge on any atom is -0.342 e. The lowest BCUT2D eigenvalue weighted by atomic mass is 10.1. The van der Waals surface area contributed by atoms with E-state index in [2.05, 4.69) is 5.32 Å². The van der Waals surface area contributed by atoms with E-state index in [1.807, 2.05) is 6.92 Å². The van der Waals surface area contributed by atoms with Gasteiger partial charge in [-0.15, -0.1) is 0 Å². The van der Waals surface area contributed by atoms with Gasteiger partial charge in [-0.1, -0.05) is 17.7 Å². The summed E-state index contributed by atoms with van der Waals surface area (Å²) in [6, 6.07) is 11.9. The Balaban J connectivity index is 1.66. The third-order valence-corrected chi connectivity index (χ3v) is 5.07. The van der Waals surface area contributed by atoms with Crippen LogP contribution in [0, 0.1) is 6.92 Å². The van der Waals surface area contributed by atoms with Crippen LogP contribution in [0.5, 0.6) is 0 Å². The van der Waals surface area contributed by atoms with E-state index in [4.69, 9.17) is 11.6 Å². The number of nitrogens with one attached hydrogen (secondary N) is 1. The molecule has 7 heteroatoms. The molecule has 3 amide bonds. The molecule has 1 fully saturated rings. The van der Waals surface area contributed by atoms with Crippen LogP contribution in [0.25, 0.3) is 0 Å². The van der Waals surface area contributed by atoms with Crippen LogP contribution in [0.4, 0.5) is 5.69 Å². The fourth-order valence-corrected chi connectivity index (χ4v) is 3.09. The van der Waals surface area contributed by atoms with Gasteiger partial charge in [-0.25, -0.2) is 0 Å². The Kier molecular flexibility index (Phi) is 5.76. The van der Waals surface area contributed by atoms with Gasteiger partial charge < -0.3 is 15.1 Å². The molecule has 0 aliphatic carbocycles. The molecule has 1 saturated heterocycles. The van der Waals surface area contributed by atoms with Crippen LogP contribution >= 0.6 is 11.6 Å². The molecular formula is C20H20ClN3O3. The SMILES string of the molecule is Cc1c(Cl)cccc1NC(=O)c1ccc(C(=O)N2CCN(C=O)CC2)cc1. The second kappa shape index (κ2) is 8.22. The van der Waals surface area contributed by atoms with Crippen LogP contribution in [0.15, 0.2) is 42.5 Å². The highest BCUT2D eigenvalue weighted by Gasteiger charge is 2.21. The van der Waals surface area contributed by atoms with Crippen LogP contribution in [-0.2, 0) is 4.79 Å². The van der Waals surface area contributed by atoms with Crippen molar-refractivity contribution in [2.45, 2.75) is 6.92 Å². The van der Waals surface area contributed by atoms with Crippen molar-refractivity contribution in [1.82, 2.24) is 9.80 Å². The molecule has 0 aromatic heterocycles. The lowest BCUT2D eigenvalue weighted by Gasteiger charge is -2.32. The van der Waals surface area contributed by atoms with Crippen LogP contribution in [0.3, 0.4) is 0 Å². The van der Waals surface area contributed by atoms with Crippen molar-refractivity contribution in [2.75, 3.05) is 31.5 Å². The number of hydrogen-bond donors (Lipinski definition) is 1. The van der Waals surface area contributed by atoms with Gasteiger partial charge in [0.2, 0.25) is 6.41 Å². The first-order chi connectivity index (χ1) is 13.0. The summed E-state index contributed by atoms with van der Waals surface area (Å²) in [5, 5.41) is 3.42. The highest BCUT2D eigenvalue weighted by atomic mass is 35.5. The van der Waals surface area contributed by atoms with Crippen LogP contribution < -0.4 is 5.32 Å². The number of halogens is 1. The maximum atomic E-state index is 12.6. The molecule has 0 unspecified atom stereocenters. The molecule has 140 valence electrons. The number of nitrogens with zero attached hydrogens (tertiary/aromatic N) is 2. The highest BCUT2D eigenvalue weighted by molar-refractivity contribution is 6.31. The molecule has 6 nitrogen and oxygen atoms in total. The Labute approximate surface area is 162 Å². The summed E-state index contributed by atoms with van der Waals surface area (Å²) < 4.78 is 0. The van der Waals surface area contributed by atoms with Gasteiger partial charge in [0.25, 0.3) is 11.8 Å². The van der Waals surface area contributed by atoms with Gasteiger partial charge in [0, 0.05) is 48.0 Å². The van der Waals surface area contributed by atoms with Crippen LogP contribution in [0.2, 0.25) is 5.02 Å². The Bertz CT molecular complexity index is 859. The zero-order valence-electron chi connectivity index (χ0n) is 14.9. The summed E-state index contributed by atoms with van der Waals surface area (Å²) in [4.78, 5) is 39.1. The molecule has 0 saturated carbocycles.